The van der Waals surface area contributed by atoms with E-state index in [0.29, 0.717) is 15.8 Å². The number of morpholine rings is 1. The summed E-state index contributed by atoms with van der Waals surface area (Å²) in [7, 11) is 0. The lowest BCUT2D eigenvalue weighted by Gasteiger charge is -2.23. The zero-order chi connectivity index (χ0) is 18.4. The summed E-state index contributed by atoms with van der Waals surface area (Å²) in [6.07, 6.45) is 2.74. The van der Waals surface area contributed by atoms with Gasteiger partial charge in [0.05, 0.1) is 24.7 Å². The molecule has 0 aromatic carbocycles. The maximum atomic E-state index is 12.5. The third-order valence-electron chi connectivity index (χ3n) is 4.22. The van der Waals surface area contributed by atoms with Crippen molar-refractivity contribution < 1.29 is 19.2 Å². The molecule has 0 saturated carbocycles. The molecule has 2 saturated heterocycles. The first-order chi connectivity index (χ1) is 12.6. The van der Waals surface area contributed by atoms with Crippen LogP contribution in [0.2, 0.25) is 0 Å². The Morgan fingerprint density at radius 2 is 2.23 bits per heavy atom. The summed E-state index contributed by atoms with van der Waals surface area (Å²) in [6, 6.07) is 3.88. The van der Waals surface area contributed by atoms with Crippen molar-refractivity contribution >= 4 is 57.5 Å². The van der Waals surface area contributed by atoms with E-state index in [9.17, 15) is 9.59 Å². The Bertz CT molecular complexity index is 685. The molecule has 0 radical (unpaired) electrons. The first-order valence-corrected chi connectivity index (χ1v) is 10.7. The number of carbonyl (C=O) groups excluding carboxylic acids is 2. The van der Waals surface area contributed by atoms with Crippen LogP contribution in [0.4, 0.5) is 0 Å². The largest absolute Gasteiger partial charge is 0.370 e. The predicted octanol–water partition coefficient (Wildman–Crippen LogP) is 0.371. The molecule has 26 heavy (non-hydrogen) atoms. The zero-order valence-electron chi connectivity index (χ0n) is 14.4. The van der Waals surface area contributed by atoms with Crippen LogP contribution in [-0.4, -0.2) is 67.0 Å². The predicted molar refractivity (Wildman–Crippen MR) is 108 cm³/mol. The molecular weight excluding hydrogens is 390 g/mol. The smallest absolute Gasteiger partial charge is 0.266 e. The molecule has 2 N–H and O–H groups in total. The molecule has 9 heteroatoms. The average molecular weight is 413 g/mol. The number of amides is 2. The number of thiocarbonyl (C=S) groups is 1. The maximum Gasteiger partial charge on any atom is 0.266 e. The Hall–Kier alpha value is -1.26. The molecule has 2 aliphatic heterocycles. The van der Waals surface area contributed by atoms with Crippen molar-refractivity contribution in [2.45, 2.75) is 6.42 Å². The number of hydrogen-bond acceptors (Lipinski definition) is 6. The Balaban J connectivity index is 1.42. The van der Waals surface area contributed by atoms with Gasteiger partial charge in [0.25, 0.3) is 5.91 Å². The van der Waals surface area contributed by atoms with E-state index < -0.39 is 0 Å². The fourth-order valence-electron chi connectivity index (χ4n) is 2.81. The van der Waals surface area contributed by atoms with E-state index >= 15 is 0 Å². The highest BCUT2D eigenvalue weighted by Gasteiger charge is 2.33. The summed E-state index contributed by atoms with van der Waals surface area (Å²) in [5, 5.41) is 4.84. The quantitative estimate of drug-likeness (QED) is 0.385. The minimum absolute atomic E-state index is 0.0170. The number of thiophene rings is 1. The number of quaternary nitrogens is 1. The number of hydrogen-bond donors (Lipinski definition) is 2. The van der Waals surface area contributed by atoms with Crippen molar-refractivity contribution in [3.63, 3.8) is 0 Å². The number of thioether (sulfide) groups is 1. The van der Waals surface area contributed by atoms with Gasteiger partial charge in [-0.1, -0.05) is 30.0 Å². The SMILES string of the molecule is O=C(CN1C(=O)/C(=C\c2cccs2)SC1=S)NCCC[NH+]1CCOCC1. The summed E-state index contributed by atoms with van der Waals surface area (Å²) in [6.45, 7) is 5.31. The van der Waals surface area contributed by atoms with Gasteiger partial charge in [-0.3, -0.25) is 14.5 Å². The van der Waals surface area contributed by atoms with E-state index in [1.807, 2.05) is 23.6 Å². The Morgan fingerprint density at radius 1 is 1.42 bits per heavy atom. The molecule has 1 aromatic heterocycles. The summed E-state index contributed by atoms with van der Waals surface area (Å²) < 4.78 is 5.77. The van der Waals surface area contributed by atoms with Crippen LogP contribution in [0, 0.1) is 0 Å². The van der Waals surface area contributed by atoms with Crippen LogP contribution in [0.25, 0.3) is 6.08 Å². The second-order valence-electron chi connectivity index (χ2n) is 6.10. The Morgan fingerprint density at radius 3 is 2.96 bits per heavy atom. The molecular formula is C17H22N3O3S3+. The van der Waals surface area contributed by atoms with E-state index in [0.717, 1.165) is 44.1 Å². The van der Waals surface area contributed by atoms with Crippen molar-refractivity contribution in [2.75, 3.05) is 45.9 Å². The molecule has 2 amide bonds. The fourth-order valence-corrected chi connectivity index (χ4v) is 4.79. The van der Waals surface area contributed by atoms with Gasteiger partial charge in [-0.2, -0.15) is 0 Å². The van der Waals surface area contributed by atoms with Crippen LogP contribution < -0.4 is 10.2 Å². The van der Waals surface area contributed by atoms with E-state index in [1.54, 1.807) is 11.3 Å². The molecule has 0 unspecified atom stereocenters. The van der Waals surface area contributed by atoms with Crippen LogP contribution in [0.15, 0.2) is 22.4 Å². The molecule has 0 spiro atoms. The van der Waals surface area contributed by atoms with Crippen molar-refractivity contribution in [1.29, 1.82) is 0 Å². The van der Waals surface area contributed by atoms with Crippen LogP contribution in [0.1, 0.15) is 11.3 Å². The van der Waals surface area contributed by atoms with Gasteiger partial charge in [-0.25, -0.2) is 0 Å². The molecule has 6 nitrogen and oxygen atoms in total. The van der Waals surface area contributed by atoms with Gasteiger partial charge < -0.3 is 15.0 Å². The van der Waals surface area contributed by atoms with Crippen molar-refractivity contribution in [3.8, 4) is 0 Å². The van der Waals surface area contributed by atoms with Crippen molar-refractivity contribution in [2.24, 2.45) is 0 Å². The lowest BCUT2D eigenvalue weighted by Crippen LogP contribution is -3.14. The van der Waals surface area contributed by atoms with Crippen LogP contribution in [0.5, 0.6) is 0 Å². The molecule has 0 atom stereocenters. The minimum Gasteiger partial charge on any atom is -0.370 e. The number of nitrogens with one attached hydrogen (secondary N) is 2. The highest BCUT2D eigenvalue weighted by molar-refractivity contribution is 8.26. The molecule has 140 valence electrons. The summed E-state index contributed by atoms with van der Waals surface area (Å²) >= 11 is 8.08. The topological polar surface area (TPSA) is 63.1 Å². The van der Waals surface area contributed by atoms with Gasteiger partial charge in [-0.05, 0) is 17.5 Å². The molecule has 2 fully saturated rings. The van der Waals surface area contributed by atoms with E-state index in [2.05, 4.69) is 5.32 Å². The number of ether oxygens (including phenoxy) is 1. The van der Waals surface area contributed by atoms with Gasteiger partial charge in [0, 0.05) is 17.8 Å². The molecule has 2 aliphatic rings. The fraction of sp³-hybridized carbons (Fsp3) is 0.471. The summed E-state index contributed by atoms with van der Waals surface area (Å²) in [4.78, 5) is 29.1. The number of carbonyl (C=O) groups is 2. The minimum atomic E-state index is -0.193. The molecule has 1 aromatic rings. The monoisotopic (exact) mass is 412 g/mol. The third kappa shape index (κ3) is 5.37. The highest BCUT2D eigenvalue weighted by atomic mass is 32.2. The standard InChI is InChI=1S/C17H21N3O3S3/c21-15(18-4-2-5-19-6-8-23-9-7-19)12-20-16(22)14(26-17(20)24)11-13-3-1-10-25-13/h1,3,10-11H,2,4-9,12H2,(H,18,21)/p+1/b14-11+. The average Bonchev–Trinajstić information content (AvgIpc) is 3.24. The Labute approximate surface area is 166 Å². The lowest BCUT2D eigenvalue weighted by atomic mass is 10.3. The summed E-state index contributed by atoms with van der Waals surface area (Å²) in [5.74, 6) is -0.364. The van der Waals surface area contributed by atoms with Gasteiger partial charge in [0.15, 0.2) is 0 Å². The normalized spacial score (nSPS) is 20.2. The van der Waals surface area contributed by atoms with Gasteiger partial charge in [0.2, 0.25) is 5.91 Å². The molecule has 0 aliphatic carbocycles. The van der Waals surface area contributed by atoms with Crippen LogP contribution >= 0.6 is 35.3 Å². The molecule has 0 bridgehead atoms. The second-order valence-corrected chi connectivity index (χ2v) is 8.75. The van der Waals surface area contributed by atoms with Gasteiger partial charge in [0.1, 0.15) is 24.0 Å². The highest BCUT2D eigenvalue weighted by Crippen LogP contribution is 2.32. The number of rotatable bonds is 7. The van der Waals surface area contributed by atoms with E-state index in [4.69, 9.17) is 17.0 Å². The van der Waals surface area contributed by atoms with Gasteiger partial charge >= 0.3 is 0 Å². The van der Waals surface area contributed by atoms with Crippen molar-refractivity contribution in [1.82, 2.24) is 10.2 Å². The van der Waals surface area contributed by atoms with Crippen LogP contribution in [0.3, 0.4) is 0 Å². The number of nitrogens with zero attached hydrogens (tertiary/aromatic N) is 1. The molecule has 3 rings (SSSR count). The zero-order valence-corrected chi connectivity index (χ0v) is 16.8. The third-order valence-corrected chi connectivity index (χ3v) is 6.42. The van der Waals surface area contributed by atoms with Crippen molar-refractivity contribution in [3.05, 3.63) is 27.3 Å². The van der Waals surface area contributed by atoms with Crippen LogP contribution in [-0.2, 0) is 14.3 Å². The molecule has 3 heterocycles. The summed E-state index contributed by atoms with van der Waals surface area (Å²) in [5.41, 5.74) is 0. The van der Waals surface area contributed by atoms with Gasteiger partial charge in [-0.15, -0.1) is 11.3 Å². The second kappa shape index (κ2) is 9.61. The Kier molecular flexibility index (Phi) is 7.21. The van der Waals surface area contributed by atoms with E-state index in [-0.39, 0.29) is 18.4 Å². The first kappa shape index (κ1) is 19.5. The lowest BCUT2D eigenvalue weighted by molar-refractivity contribution is -0.908. The van der Waals surface area contributed by atoms with E-state index in [1.165, 1.54) is 21.6 Å². The first-order valence-electron chi connectivity index (χ1n) is 8.60. The maximum absolute atomic E-state index is 12.5.